The van der Waals surface area contributed by atoms with E-state index in [2.05, 4.69) is 18.9 Å². The highest BCUT2D eigenvalue weighted by atomic mass is 19.1. The Morgan fingerprint density at radius 2 is 1.90 bits per heavy atom. The SMILES string of the molecule is CC(c1ccccc1F)N(C)CC1(CN)CCCCC1. The molecule has 1 aliphatic rings. The van der Waals surface area contributed by atoms with E-state index in [0.717, 1.165) is 18.7 Å². The number of nitrogens with zero attached hydrogens (tertiary/aromatic N) is 1. The first-order chi connectivity index (χ1) is 9.58. The number of rotatable bonds is 5. The fourth-order valence-corrected chi connectivity index (χ4v) is 3.45. The summed E-state index contributed by atoms with van der Waals surface area (Å²) in [7, 11) is 2.09. The van der Waals surface area contributed by atoms with Crippen LogP contribution in [0.1, 0.15) is 50.6 Å². The van der Waals surface area contributed by atoms with E-state index in [1.165, 1.54) is 32.1 Å². The van der Waals surface area contributed by atoms with Crippen molar-refractivity contribution in [2.24, 2.45) is 11.1 Å². The Hall–Kier alpha value is -0.930. The quantitative estimate of drug-likeness (QED) is 0.889. The number of benzene rings is 1. The van der Waals surface area contributed by atoms with Crippen LogP contribution in [0.5, 0.6) is 0 Å². The normalized spacial score (nSPS) is 20.1. The van der Waals surface area contributed by atoms with Crippen molar-refractivity contribution in [2.45, 2.75) is 45.1 Å². The van der Waals surface area contributed by atoms with Crippen LogP contribution in [0.4, 0.5) is 4.39 Å². The molecule has 0 heterocycles. The molecule has 1 fully saturated rings. The molecule has 1 aromatic carbocycles. The number of hydrogen-bond donors (Lipinski definition) is 1. The predicted octanol–water partition coefficient (Wildman–Crippen LogP) is 3.73. The van der Waals surface area contributed by atoms with E-state index in [0.29, 0.717) is 0 Å². The smallest absolute Gasteiger partial charge is 0.127 e. The molecule has 0 aliphatic heterocycles. The molecule has 2 rings (SSSR count). The summed E-state index contributed by atoms with van der Waals surface area (Å²) in [6.45, 7) is 3.77. The fraction of sp³-hybridized carbons (Fsp3) is 0.647. The van der Waals surface area contributed by atoms with Gasteiger partial charge in [-0.15, -0.1) is 0 Å². The van der Waals surface area contributed by atoms with Gasteiger partial charge in [-0.25, -0.2) is 4.39 Å². The van der Waals surface area contributed by atoms with Gasteiger partial charge in [0.2, 0.25) is 0 Å². The van der Waals surface area contributed by atoms with Gasteiger partial charge in [0.25, 0.3) is 0 Å². The summed E-state index contributed by atoms with van der Waals surface area (Å²) in [5.74, 6) is -0.114. The number of halogens is 1. The molecule has 112 valence electrons. The van der Waals surface area contributed by atoms with Gasteiger partial charge < -0.3 is 5.73 Å². The maximum absolute atomic E-state index is 13.9. The van der Waals surface area contributed by atoms with Crippen molar-refractivity contribution in [3.8, 4) is 0 Å². The molecule has 3 heteroatoms. The topological polar surface area (TPSA) is 29.3 Å². The average Bonchev–Trinajstić information content (AvgIpc) is 2.48. The van der Waals surface area contributed by atoms with Gasteiger partial charge in [-0.2, -0.15) is 0 Å². The lowest BCUT2D eigenvalue weighted by Gasteiger charge is -2.41. The minimum Gasteiger partial charge on any atom is -0.330 e. The molecule has 1 saturated carbocycles. The molecule has 1 atom stereocenters. The molecule has 20 heavy (non-hydrogen) atoms. The summed E-state index contributed by atoms with van der Waals surface area (Å²) >= 11 is 0. The lowest BCUT2D eigenvalue weighted by atomic mass is 9.73. The molecule has 0 aromatic heterocycles. The minimum absolute atomic E-state index is 0.0848. The number of nitrogens with two attached hydrogens (primary N) is 1. The molecule has 0 amide bonds. The zero-order valence-corrected chi connectivity index (χ0v) is 12.7. The summed E-state index contributed by atoms with van der Waals surface area (Å²) in [5.41, 5.74) is 7.06. The van der Waals surface area contributed by atoms with Crippen molar-refractivity contribution in [1.29, 1.82) is 0 Å². The first-order valence-corrected chi connectivity index (χ1v) is 7.73. The number of hydrogen-bond acceptors (Lipinski definition) is 2. The van der Waals surface area contributed by atoms with Crippen molar-refractivity contribution in [1.82, 2.24) is 4.90 Å². The molecule has 2 nitrogen and oxygen atoms in total. The van der Waals surface area contributed by atoms with E-state index >= 15 is 0 Å². The van der Waals surface area contributed by atoms with Crippen molar-refractivity contribution in [3.05, 3.63) is 35.6 Å². The van der Waals surface area contributed by atoms with E-state index in [4.69, 9.17) is 5.73 Å². The Bertz CT molecular complexity index is 427. The van der Waals surface area contributed by atoms with Crippen LogP contribution in [-0.4, -0.2) is 25.0 Å². The Labute approximate surface area is 122 Å². The molecule has 0 saturated heterocycles. The Kier molecular flexibility index (Phi) is 5.17. The van der Waals surface area contributed by atoms with E-state index in [9.17, 15) is 4.39 Å². The zero-order chi connectivity index (χ0) is 14.6. The molecule has 0 bridgehead atoms. The van der Waals surface area contributed by atoms with Gasteiger partial charge in [-0.05, 0) is 44.8 Å². The predicted molar refractivity (Wildman–Crippen MR) is 82.0 cm³/mol. The Balaban J connectivity index is 2.07. The van der Waals surface area contributed by atoms with Crippen LogP contribution < -0.4 is 5.73 Å². The molecular formula is C17H27FN2. The molecule has 2 N–H and O–H groups in total. The van der Waals surface area contributed by atoms with Crippen molar-refractivity contribution < 1.29 is 4.39 Å². The molecule has 0 spiro atoms. The second-order valence-corrected chi connectivity index (χ2v) is 6.38. The van der Waals surface area contributed by atoms with Gasteiger partial charge in [0.05, 0.1) is 0 Å². The van der Waals surface area contributed by atoms with E-state index in [1.54, 1.807) is 12.1 Å². The van der Waals surface area contributed by atoms with E-state index < -0.39 is 0 Å². The summed E-state index contributed by atoms with van der Waals surface area (Å²) in [5, 5.41) is 0. The van der Waals surface area contributed by atoms with Crippen molar-refractivity contribution in [3.63, 3.8) is 0 Å². The lowest BCUT2D eigenvalue weighted by molar-refractivity contribution is 0.105. The van der Waals surface area contributed by atoms with Gasteiger partial charge in [0.1, 0.15) is 5.82 Å². The standard InChI is InChI=1S/C17H27FN2/c1-14(15-8-4-5-9-16(15)18)20(2)13-17(12-19)10-6-3-7-11-17/h4-5,8-9,14H,3,6-7,10-13,19H2,1-2H3. The Morgan fingerprint density at radius 3 is 2.50 bits per heavy atom. The summed E-state index contributed by atoms with van der Waals surface area (Å²) < 4.78 is 13.9. The Morgan fingerprint density at radius 1 is 1.25 bits per heavy atom. The van der Waals surface area contributed by atoms with Gasteiger partial charge in [-0.1, -0.05) is 37.5 Å². The zero-order valence-electron chi connectivity index (χ0n) is 12.7. The average molecular weight is 278 g/mol. The maximum Gasteiger partial charge on any atom is 0.127 e. The van der Waals surface area contributed by atoms with E-state index in [-0.39, 0.29) is 17.3 Å². The van der Waals surface area contributed by atoms with Crippen LogP contribution in [0, 0.1) is 11.2 Å². The van der Waals surface area contributed by atoms with Crippen LogP contribution in [0.25, 0.3) is 0 Å². The van der Waals surface area contributed by atoms with Crippen LogP contribution in [0.3, 0.4) is 0 Å². The second kappa shape index (κ2) is 6.68. The first-order valence-electron chi connectivity index (χ1n) is 7.73. The first kappa shape index (κ1) is 15.5. The van der Waals surface area contributed by atoms with Crippen molar-refractivity contribution in [2.75, 3.05) is 20.1 Å². The summed E-state index contributed by atoms with van der Waals surface area (Å²) in [6, 6.07) is 7.16. The maximum atomic E-state index is 13.9. The third kappa shape index (κ3) is 3.39. The molecule has 0 radical (unpaired) electrons. The highest BCUT2D eigenvalue weighted by molar-refractivity contribution is 5.20. The van der Waals surface area contributed by atoms with Gasteiger partial charge in [-0.3, -0.25) is 4.90 Å². The van der Waals surface area contributed by atoms with Gasteiger partial charge in [0, 0.05) is 18.2 Å². The highest BCUT2D eigenvalue weighted by Crippen LogP contribution is 2.37. The second-order valence-electron chi connectivity index (χ2n) is 6.38. The van der Waals surface area contributed by atoms with Crippen molar-refractivity contribution >= 4 is 0 Å². The fourth-order valence-electron chi connectivity index (χ4n) is 3.45. The van der Waals surface area contributed by atoms with Crippen LogP contribution in [-0.2, 0) is 0 Å². The monoisotopic (exact) mass is 278 g/mol. The summed E-state index contributed by atoms with van der Waals surface area (Å²) in [4.78, 5) is 2.26. The van der Waals surface area contributed by atoms with Crippen LogP contribution >= 0.6 is 0 Å². The summed E-state index contributed by atoms with van der Waals surface area (Å²) in [6.07, 6.45) is 6.29. The van der Waals surface area contributed by atoms with E-state index in [1.807, 2.05) is 12.1 Å². The van der Waals surface area contributed by atoms with Gasteiger partial charge >= 0.3 is 0 Å². The molecule has 1 unspecified atom stereocenters. The third-order valence-corrected chi connectivity index (χ3v) is 4.95. The third-order valence-electron chi connectivity index (χ3n) is 4.95. The lowest BCUT2D eigenvalue weighted by Crippen LogP contribution is -2.43. The van der Waals surface area contributed by atoms with Crippen LogP contribution in [0.15, 0.2) is 24.3 Å². The molecule has 1 aliphatic carbocycles. The van der Waals surface area contributed by atoms with Gasteiger partial charge in [0.15, 0.2) is 0 Å². The highest BCUT2D eigenvalue weighted by Gasteiger charge is 2.33. The largest absolute Gasteiger partial charge is 0.330 e. The van der Waals surface area contributed by atoms with Crippen LogP contribution in [0.2, 0.25) is 0 Å². The molecule has 1 aromatic rings. The molecular weight excluding hydrogens is 251 g/mol. The minimum atomic E-state index is -0.114.